The van der Waals surface area contributed by atoms with Crippen molar-refractivity contribution in [1.29, 1.82) is 0 Å². The Balaban J connectivity index is 3.08. The molecule has 8 amide bonds. The summed E-state index contributed by atoms with van der Waals surface area (Å²) in [5.74, 6) is -7.84. The zero-order valence-electron chi connectivity index (χ0n) is 37.1. The van der Waals surface area contributed by atoms with Gasteiger partial charge in [0.1, 0.15) is 48.3 Å². The summed E-state index contributed by atoms with van der Waals surface area (Å²) in [4.78, 5) is 119. The molecule has 1 aliphatic rings. The second-order valence-electron chi connectivity index (χ2n) is 17.4. The van der Waals surface area contributed by atoms with Gasteiger partial charge in [-0.15, -0.1) is 0 Å². The quantitative estimate of drug-likeness (QED) is 0.0671. The van der Waals surface area contributed by atoms with Gasteiger partial charge in [0.25, 0.3) is 0 Å². The number of likely N-dealkylation sites (tertiary alicyclic amines) is 1. The zero-order chi connectivity index (χ0) is 45.6. The first-order chi connectivity index (χ1) is 27.2. The normalized spacial score (nSPS) is 18.2. The van der Waals surface area contributed by atoms with E-state index in [1.807, 2.05) is 13.8 Å². The molecule has 1 heterocycles. The lowest BCUT2D eigenvalue weighted by Gasteiger charge is -2.31. The van der Waals surface area contributed by atoms with E-state index in [4.69, 9.17) is 5.73 Å². The number of nitrogens with zero attached hydrogens (tertiary/aromatic N) is 1. The summed E-state index contributed by atoms with van der Waals surface area (Å²) < 4.78 is 0. The zero-order valence-corrected chi connectivity index (χ0v) is 37.1. The predicted octanol–water partition coefficient (Wildman–Crippen LogP) is -0.487. The Bertz CT molecular complexity index is 1520. The number of nitrogens with two attached hydrogens (primary N) is 1. The largest absolute Gasteiger partial charge is 0.480 e. The Hall–Kier alpha value is -4.81. The van der Waals surface area contributed by atoms with Gasteiger partial charge in [0.15, 0.2) is 0 Å². The van der Waals surface area contributed by atoms with Crippen molar-refractivity contribution in [3.05, 3.63) is 0 Å². The number of aliphatic carboxylic acids is 1. The van der Waals surface area contributed by atoms with Crippen molar-refractivity contribution in [3.8, 4) is 0 Å². The third-order valence-corrected chi connectivity index (χ3v) is 10.0. The van der Waals surface area contributed by atoms with Gasteiger partial charge < -0.3 is 53.0 Å². The minimum Gasteiger partial charge on any atom is -0.480 e. The third kappa shape index (κ3) is 16.0. The van der Waals surface area contributed by atoms with Crippen LogP contribution in [0.1, 0.15) is 109 Å². The highest BCUT2D eigenvalue weighted by molar-refractivity contribution is 5.98. The highest BCUT2D eigenvalue weighted by Gasteiger charge is 2.40. The first kappa shape index (κ1) is 52.2. The summed E-state index contributed by atoms with van der Waals surface area (Å²) in [5, 5.41) is 27.8. The molecule has 19 heteroatoms. The van der Waals surface area contributed by atoms with Gasteiger partial charge >= 0.3 is 5.97 Å². The Kier molecular flexibility index (Phi) is 21.0. The third-order valence-electron chi connectivity index (χ3n) is 10.0. The molecule has 0 aromatic rings. The second-order valence-corrected chi connectivity index (χ2v) is 17.4. The number of carboxylic acid groups (broad SMARTS) is 1. The summed E-state index contributed by atoms with van der Waals surface area (Å²) in [6, 6.07) is -9.46. The van der Waals surface area contributed by atoms with Gasteiger partial charge in [-0.05, 0) is 69.6 Å². The molecule has 336 valence electrons. The molecular formula is C40H71N9O10. The van der Waals surface area contributed by atoms with E-state index in [0.717, 1.165) is 0 Å². The molecule has 1 saturated heterocycles. The summed E-state index contributed by atoms with van der Waals surface area (Å²) in [6.07, 6.45) is 0.999. The number of nitrogens with one attached hydrogen (secondary N) is 7. The van der Waals surface area contributed by atoms with Crippen molar-refractivity contribution in [1.82, 2.24) is 42.1 Å². The van der Waals surface area contributed by atoms with Crippen molar-refractivity contribution in [2.45, 2.75) is 164 Å². The smallest absolute Gasteiger partial charge is 0.326 e. The Morgan fingerprint density at radius 3 is 1.42 bits per heavy atom. The molecule has 9 atom stereocenters. The van der Waals surface area contributed by atoms with Gasteiger partial charge in [-0.2, -0.15) is 0 Å². The average Bonchev–Trinajstić information content (AvgIpc) is 3.62. The van der Waals surface area contributed by atoms with E-state index in [1.54, 1.807) is 55.4 Å². The molecule has 0 radical (unpaired) electrons. The summed E-state index contributed by atoms with van der Waals surface area (Å²) >= 11 is 0. The fourth-order valence-electron chi connectivity index (χ4n) is 6.43. The van der Waals surface area contributed by atoms with Crippen molar-refractivity contribution in [3.63, 3.8) is 0 Å². The average molecular weight is 838 g/mol. The van der Waals surface area contributed by atoms with Crippen LogP contribution in [0.2, 0.25) is 0 Å². The molecule has 0 saturated carbocycles. The van der Waals surface area contributed by atoms with E-state index in [2.05, 4.69) is 37.2 Å². The van der Waals surface area contributed by atoms with Crippen molar-refractivity contribution >= 4 is 53.2 Å². The standard InChI is InChI=1S/C40H71N9O10/c1-18(2)17-26(44-37(55)29(20(5)6)45-32(50)23(11)41)34(52)43-25(13)39(57)49-16-14-15-27(49)35(53)46-30(21(7)8)38(56)47-28(19(3)4)36(54)42-24(12)33(51)48-31(22(9)10)40(58)59/h18-31H,14-17,41H2,1-13H3,(H,42,54)(H,43,52)(H,44,55)(H,45,50)(H,46,53)(H,47,56)(H,48,51)(H,58,59)/t23-,24-,25-,26-,27-,28-,29-,30-,31-/m0/s1. The van der Waals surface area contributed by atoms with Crippen LogP contribution in [0.4, 0.5) is 0 Å². The second kappa shape index (κ2) is 23.7. The Morgan fingerprint density at radius 1 is 0.542 bits per heavy atom. The molecule has 0 spiro atoms. The maximum Gasteiger partial charge on any atom is 0.326 e. The van der Waals surface area contributed by atoms with Crippen LogP contribution in [-0.4, -0.2) is 124 Å². The van der Waals surface area contributed by atoms with E-state index < -0.39 is 125 Å². The maximum atomic E-state index is 13.8. The van der Waals surface area contributed by atoms with E-state index in [9.17, 15) is 48.3 Å². The lowest BCUT2D eigenvalue weighted by Crippen LogP contribution is -2.61. The molecule has 1 rings (SSSR count). The number of rotatable bonds is 22. The first-order valence-electron chi connectivity index (χ1n) is 20.6. The van der Waals surface area contributed by atoms with Gasteiger partial charge in [0.05, 0.1) is 6.04 Å². The molecule has 10 N–H and O–H groups in total. The summed E-state index contributed by atoms with van der Waals surface area (Å²) in [6.45, 7) is 21.8. The number of amides is 8. The highest BCUT2D eigenvalue weighted by atomic mass is 16.4. The van der Waals surface area contributed by atoms with Crippen LogP contribution >= 0.6 is 0 Å². The van der Waals surface area contributed by atoms with Gasteiger partial charge in [0, 0.05) is 6.54 Å². The highest BCUT2D eigenvalue weighted by Crippen LogP contribution is 2.20. The van der Waals surface area contributed by atoms with Crippen LogP contribution in [-0.2, 0) is 43.2 Å². The number of carbonyl (C=O) groups is 9. The molecule has 0 aromatic heterocycles. The van der Waals surface area contributed by atoms with Crippen LogP contribution in [0.25, 0.3) is 0 Å². The number of hydrogen-bond donors (Lipinski definition) is 9. The SMILES string of the molecule is CC(C)C[C@H](NC(=O)[C@@H](NC(=O)[C@H](C)N)C(C)C)C(=O)N[C@@H](C)C(=O)N1CCC[C@H]1C(=O)N[C@H](C(=O)N[C@H](C(=O)N[C@@H](C)C(=O)N[C@H](C(=O)O)C(C)C)C(C)C)C(C)C. The summed E-state index contributed by atoms with van der Waals surface area (Å²) in [5.41, 5.74) is 5.67. The number of hydrogen-bond acceptors (Lipinski definition) is 10. The van der Waals surface area contributed by atoms with E-state index >= 15 is 0 Å². The fraction of sp³-hybridized carbons (Fsp3) is 0.775. The van der Waals surface area contributed by atoms with Crippen LogP contribution in [0.15, 0.2) is 0 Å². The lowest BCUT2D eigenvalue weighted by atomic mass is 9.99. The molecule has 0 aliphatic carbocycles. The topological polar surface area (TPSA) is 287 Å². The van der Waals surface area contributed by atoms with Crippen LogP contribution in [0.3, 0.4) is 0 Å². The molecule has 19 nitrogen and oxygen atoms in total. The van der Waals surface area contributed by atoms with Crippen molar-refractivity contribution in [2.24, 2.45) is 35.3 Å². The van der Waals surface area contributed by atoms with E-state index in [-0.39, 0.29) is 31.2 Å². The molecular weight excluding hydrogens is 766 g/mol. The minimum atomic E-state index is -1.22. The van der Waals surface area contributed by atoms with Gasteiger partial charge in [-0.25, -0.2) is 4.79 Å². The van der Waals surface area contributed by atoms with Gasteiger partial charge in [-0.3, -0.25) is 38.4 Å². The molecule has 1 fully saturated rings. The van der Waals surface area contributed by atoms with Crippen LogP contribution in [0.5, 0.6) is 0 Å². The lowest BCUT2D eigenvalue weighted by molar-refractivity contribution is -0.143. The molecule has 0 unspecified atom stereocenters. The van der Waals surface area contributed by atoms with Gasteiger partial charge in [-0.1, -0.05) is 69.2 Å². The minimum absolute atomic E-state index is 0.0330. The fourth-order valence-corrected chi connectivity index (χ4v) is 6.43. The van der Waals surface area contributed by atoms with Crippen molar-refractivity contribution in [2.75, 3.05) is 6.54 Å². The molecule has 0 aromatic carbocycles. The Morgan fingerprint density at radius 2 is 0.966 bits per heavy atom. The van der Waals surface area contributed by atoms with Crippen LogP contribution < -0.4 is 43.0 Å². The van der Waals surface area contributed by atoms with Crippen molar-refractivity contribution < 1.29 is 48.3 Å². The molecule has 0 bridgehead atoms. The summed E-state index contributed by atoms with van der Waals surface area (Å²) in [7, 11) is 0. The van der Waals surface area contributed by atoms with E-state index in [1.165, 1.54) is 25.7 Å². The molecule has 1 aliphatic heterocycles. The monoisotopic (exact) mass is 838 g/mol. The van der Waals surface area contributed by atoms with Crippen LogP contribution in [0, 0.1) is 29.6 Å². The maximum absolute atomic E-state index is 13.8. The number of carboxylic acids is 1. The van der Waals surface area contributed by atoms with Gasteiger partial charge in [0.2, 0.25) is 47.3 Å². The molecule has 59 heavy (non-hydrogen) atoms. The number of carbonyl (C=O) groups excluding carboxylic acids is 8. The first-order valence-corrected chi connectivity index (χ1v) is 20.6. The predicted molar refractivity (Wildman–Crippen MR) is 220 cm³/mol. The van der Waals surface area contributed by atoms with E-state index in [0.29, 0.717) is 6.42 Å². The Labute approximate surface area is 348 Å².